The Bertz CT molecular complexity index is 316. The first-order chi connectivity index (χ1) is 6.63. The molecule has 1 atom stereocenters. The maximum Gasteiger partial charge on any atom is 0.327 e. The van der Waals surface area contributed by atoms with Crippen LogP contribution in [0.5, 0.6) is 0 Å². The molecule has 0 aliphatic carbocycles. The van der Waals surface area contributed by atoms with E-state index in [4.69, 9.17) is 0 Å². The predicted molar refractivity (Wildman–Crippen MR) is 58.7 cm³/mol. The Balaban J connectivity index is 0.00000196. The second kappa shape index (κ2) is 6.24. The van der Waals surface area contributed by atoms with Gasteiger partial charge in [0.05, 0.1) is 7.11 Å². The van der Waals surface area contributed by atoms with Gasteiger partial charge in [-0.05, 0) is 31.2 Å². The Hall–Kier alpha value is -1.29. The molecular formula is C10H13ClFNO2. The maximum absolute atomic E-state index is 12.5. The molecule has 0 heterocycles. The number of rotatable bonds is 3. The minimum atomic E-state index is -0.439. The molecule has 0 spiro atoms. The lowest BCUT2D eigenvalue weighted by atomic mass is 10.2. The molecule has 3 nitrogen and oxygen atoms in total. The molecule has 15 heavy (non-hydrogen) atoms. The minimum absolute atomic E-state index is 0. The summed E-state index contributed by atoms with van der Waals surface area (Å²) in [5.41, 5.74) is 0.685. The zero-order valence-electron chi connectivity index (χ0n) is 8.49. The van der Waals surface area contributed by atoms with Gasteiger partial charge < -0.3 is 10.1 Å². The van der Waals surface area contributed by atoms with Crippen molar-refractivity contribution >= 4 is 24.1 Å². The molecule has 0 radical (unpaired) electrons. The summed E-state index contributed by atoms with van der Waals surface area (Å²) in [6.07, 6.45) is 0. The van der Waals surface area contributed by atoms with E-state index >= 15 is 0 Å². The third-order valence-electron chi connectivity index (χ3n) is 1.78. The zero-order chi connectivity index (χ0) is 10.6. The van der Waals surface area contributed by atoms with Gasteiger partial charge in [0.2, 0.25) is 0 Å². The van der Waals surface area contributed by atoms with E-state index < -0.39 is 6.04 Å². The monoisotopic (exact) mass is 233 g/mol. The molecule has 5 heteroatoms. The van der Waals surface area contributed by atoms with Crippen LogP contribution in [0.2, 0.25) is 0 Å². The Labute approximate surface area is 94.0 Å². The van der Waals surface area contributed by atoms with Crippen LogP contribution < -0.4 is 5.32 Å². The first-order valence-electron chi connectivity index (χ1n) is 4.23. The second-order valence-corrected chi connectivity index (χ2v) is 2.90. The number of hydrogen-bond acceptors (Lipinski definition) is 3. The van der Waals surface area contributed by atoms with Gasteiger partial charge in [-0.25, -0.2) is 9.18 Å². The summed E-state index contributed by atoms with van der Waals surface area (Å²) in [5, 5.41) is 2.88. The molecule has 1 unspecified atom stereocenters. The Morgan fingerprint density at radius 3 is 2.40 bits per heavy atom. The highest BCUT2D eigenvalue weighted by Crippen LogP contribution is 2.09. The number of anilines is 1. The lowest BCUT2D eigenvalue weighted by Crippen LogP contribution is -2.27. The van der Waals surface area contributed by atoms with Crippen molar-refractivity contribution in [3.05, 3.63) is 30.1 Å². The van der Waals surface area contributed by atoms with Crippen LogP contribution in [0, 0.1) is 5.82 Å². The fourth-order valence-corrected chi connectivity index (χ4v) is 1.03. The fraction of sp³-hybridized carbons (Fsp3) is 0.300. The molecule has 0 aliphatic heterocycles. The SMILES string of the molecule is COC(=O)C(C)Nc1ccc(F)cc1.Cl. The number of halogens is 2. The molecule has 0 aromatic heterocycles. The van der Waals surface area contributed by atoms with Gasteiger partial charge in [-0.3, -0.25) is 0 Å². The molecule has 1 aromatic rings. The smallest absolute Gasteiger partial charge is 0.327 e. The van der Waals surface area contributed by atoms with E-state index in [0.717, 1.165) is 0 Å². The van der Waals surface area contributed by atoms with Crippen molar-refractivity contribution in [2.45, 2.75) is 13.0 Å². The highest BCUT2D eigenvalue weighted by Gasteiger charge is 2.11. The molecule has 0 bridgehead atoms. The Kier molecular flexibility index (Phi) is 5.70. The van der Waals surface area contributed by atoms with Gasteiger partial charge >= 0.3 is 5.97 Å². The van der Waals surface area contributed by atoms with Gasteiger partial charge in [0, 0.05) is 5.69 Å². The lowest BCUT2D eigenvalue weighted by Gasteiger charge is -2.12. The quantitative estimate of drug-likeness (QED) is 0.814. The second-order valence-electron chi connectivity index (χ2n) is 2.90. The summed E-state index contributed by atoms with van der Waals surface area (Å²) in [4.78, 5) is 11.0. The lowest BCUT2D eigenvalue weighted by molar-refractivity contribution is -0.141. The van der Waals surface area contributed by atoms with Crippen molar-refractivity contribution in [1.82, 2.24) is 0 Å². The number of nitrogens with one attached hydrogen (secondary N) is 1. The number of carbonyl (C=O) groups excluding carboxylic acids is 1. The van der Waals surface area contributed by atoms with Gasteiger partial charge in [0.15, 0.2) is 0 Å². The summed E-state index contributed by atoms with van der Waals surface area (Å²) in [7, 11) is 1.32. The van der Waals surface area contributed by atoms with Gasteiger partial charge in [-0.2, -0.15) is 0 Å². The van der Waals surface area contributed by atoms with Crippen LogP contribution in [0.1, 0.15) is 6.92 Å². The molecule has 1 N–H and O–H groups in total. The molecule has 84 valence electrons. The molecule has 0 amide bonds. The van der Waals surface area contributed by atoms with E-state index in [2.05, 4.69) is 10.1 Å². The van der Waals surface area contributed by atoms with E-state index in [0.29, 0.717) is 5.69 Å². The van der Waals surface area contributed by atoms with E-state index in [1.54, 1.807) is 19.1 Å². The van der Waals surface area contributed by atoms with Gasteiger partial charge in [0.1, 0.15) is 11.9 Å². The zero-order valence-corrected chi connectivity index (χ0v) is 9.31. The Morgan fingerprint density at radius 1 is 1.40 bits per heavy atom. The first-order valence-corrected chi connectivity index (χ1v) is 4.23. The average molecular weight is 234 g/mol. The molecule has 1 rings (SSSR count). The third kappa shape index (κ3) is 4.16. The van der Waals surface area contributed by atoms with Crippen molar-refractivity contribution in [3.63, 3.8) is 0 Å². The number of carbonyl (C=O) groups is 1. The van der Waals surface area contributed by atoms with Gasteiger partial charge in [0.25, 0.3) is 0 Å². The van der Waals surface area contributed by atoms with Gasteiger partial charge in [-0.1, -0.05) is 0 Å². The number of esters is 1. The van der Waals surface area contributed by atoms with Crippen LogP contribution >= 0.6 is 12.4 Å². The summed E-state index contributed by atoms with van der Waals surface area (Å²) in [6, 6.07) is 5.34. The molecule has 1 aromatic carbocycles. The molecular weight excluding hydrogens is 221 g/mol. The topological polar surface area (TPSA) is 38.3 Å². The number of methoxy groups -OCH3 is 1. The number of benzene rings is 1. The highest BCUT2D eigenvalue weighted by molar-refractivity contribution is 5.85. The maximum atomic E-state index is 12.5. The normalized spacial score (nSPS) is 11.1. The Morgan fingerprint density at radius 2 is 1.93 bits per heavy atom. The van der Waals surface area contributed by atoms with Crippen LogP contribution in [0.15, 0.2) is 24.3 Å². The van der Waals surface area contributed by atoms with E-state index in [-0.39, 0.29) is 24.2 Å². The van der Waals surface area contributed by atoms with Crippen LogP contribution in [0.4, 0.5) is 10.1 Å². The summed E-state index contributed by atoms with van der Waals surface area (Å²) >= 11 is 0. The predicted octanol–water partition coefficient (Wildman–Crippen LogP) is 2.22. The highest BCUT2D eigenvalue weighted by atomic mass is 35.5. The van der Waals surface area contributed by atoms with Crippen LogP contribution in [-0.4, -0.2) is 19.1 Å². The first kappa shape index (κ1) is 13.7. The van der Waals surface area contributed by atoms with Crippen molar-refractivity contribution in [2.24, 2.45) is 0 Å². The molecule has 0 saturated carbocycles. The summed E-state index contributed by atoms with van der Waals surface area (Å²) in [6.45, 7) is 1.68. The number of hydrogen-bond donors (Lipinski definition) is 1. The van der Waals surface area contributed by atoms with Crippen LogP contribution in [-0.2, 0) is 9.53 Å². The molecule has 0 aliphatic rings. The van der Waals surface area contributed by atoms with E-state index in [1.807, 2.05) is 0 Å². The number of ether oxygens (including phenoxy) is 1. The van der Waals surface area contributed by atoms with Crippen LogP contribution in [0.25, 0.3) is 0 Å². The van der Waals surface area contributed by atoms with Crippen molar-refractivity contribution in [1.29, 1.82) is 0 Å². The summed E-state index contributed by atoms with van der Waals surface area (Å²) < 4.78 is 17.1. The van der Waals surface area contributed by atoms with E-state index in [9.17, 15) is 9.18 Å². The average Bonchev–Trinajstić information content (AvgIpc) is 2.20. The van der Waals surface area contributed by atoms with Crippen molar-refractivity contribution in [3.8, 4) is 0 Å². The van der Waals surface area contributed by atoms with Crippen molar-refractivity contribution < 1.29 is 13.9 Å². The standard InChI is InChI=1S/C10H12FNO2.ClH/c1-7(10(13)14-2)12-9-5-3-8(11)4-6-9;/h3-7,12H,1-2H3;1H. The van der Waals surface area contributed by atoms with E-state index in [1.165, 1.54) is 19.2 Å². The van der Waals surface area contributed by atoms with Crippen molar-refractivity contribution in [2.75, 3.05) is 12.4 Å². The molecule has 0 saturated heterocycles. The minimum Gasteiger partial charge on any atom is -0.467 e. The third-order valence-corrected chi connectivity index (χ3v) is 1.78. The fourth-order valence-electron chi connectivity index (χ4n) is 1.03. The largest absolute Gasteiger partial charge is 0.467 e. The van der Waals surface area contributed by atoms with Gasteiger partial charge in [-0.15, -0.1) is 12.4 Å². The van der Waals surface area contributed by atoms with Crippen LogP contribution in [0.3, 0.4) is 0 Å². The molecule has 0 fully saturated rings. The summed E-state index contributed by atoms with van der Waals surface area (Å²) in [5.74, 6) is -0.657.